The summed E-state index contributed by atoms with van der Waals surface area (Å²) in [5.74, 6) is -1.34. The Hall–Kier alpha value is -2.15. The Balaban J connectivity index is 3.57. The SMILES string of the molecule is NS(=O)(=O)c1c([N+](=O)[O-])cc(OC(F)(F)F)[nH]c1=O. The molecule has 3 N–H and O–H groups in total. The summed E-state index contributed by atoms with van der Waals surface area (Å²) in [4.78, 5) is 20.3. The number of pyridine rings is 1. The van der Waals surface area contributed by atoms with Gasteiger partial charge in [-0.25, -0.2) is 13.6 Å². The van der Waals surface area contributed by atoms with Crippen molar-refractivity contribution in [3.05, 3.63) is 26.5 Å². The molecule has 0 atom stereocenters. The van der Waals surface area contributed by atoms with Gasteiger partial charge in [0.05, 0.1) is 11.0 Å². The summed E-state index contributed by atoms with van der Waals surface area (Å²) in [7, 11) is -4.79. The molecule has 0 saturated carbocycles. The van der Waals surface area contributed by atoms with Crippen LogP contribution in [0.4, 0.5) is 18.9 Å². The Labute approximate surface area is 102 Å². The Kier molecular flexibility index (Phi) is 3.54. The van der Waals surface area contributed by atoms with E-state index in [4.69, 9.17) is 0 Å². The maximum absolute atomic E-state index is 11.9. The number of nitrogens with zero attached hydrogens (tertiary/aromatic N) is 1. The van der Waals surface area contributed by atoms with Gasteiger partial charge in [0.15, 0.2) is 0 Å². The van der Waals surface area contributed by atoms with E-state index in [2.05, 4.69) is 9.88 Å². The van der Waals surface area contributed by atoms with Crippen molar-refractivity contribution in [1.29, 1.82) is 0 Å². The zero-order valence-corrected chi connectivity index (χ0v) is 9.41. The van der Waals surface area contributed by atoms with Gasteiger partial charge in [-0.05, 0) is 0 Å². The molecule has 0 aliphatic carbocycles. The van der Waals surface area contributed by atoms with Crippen molar-refractivity contribution in [1.82, 2.24) is 4.98 Å². The Bertz CT molecular complexity index is 678. The molecule has 1 heterocycles. The van der Waals surface area contributed by atoms with Crippen LogP contribution in [0.25, 0.3) is 0 Å². The summed E-state index contributed by atoms with van der Waals surface area (Å²) >= 11 is 0. The highest BCUT2D eigenvalue weighted by Gasteiger charge is 2.34. The molecule has 0 aliphatic heterocycles. The highest BCUT2D eigenvalue weighted by Crippen LogP contribution is 2.26. The fraction of sp³-hybridized carbons (Fsp3) is 0.167. The number of aromatic amines is 1. The van der Waals surface area contributed by atoms with Gasteiger partial charge in [-0.3, -0.25) is 19.9 Å². The lowest BCUT2D eigenvalue weighted by atomic mass is 10.4. The van der Waals surface area contributed by atoms with Crippen LogP contribution >= 0.6 is 0 Å². The van der Waals surface area contributed by atoms with Crippen molar-refractivity contribution in [3.63, 3.8) is 0 Å². The molecule has 0 aromatic carbocycles. The van der Waals surface area contributed by atoms with Gasteiger partial charge in [-0.1, -0.05) is 0 Å². The number of ether oxygens (including phenoxy) is 1. The van der Waals surface area contributed by atoms with Crippen molar-refractivity contribution in [3.8, 4) is 5.88 Å². The van der Waals surface area contributed by atoms with Crippen LogP contribution in [-0.2, 0) is 10.0 Å². The fourth-order valence-corrected chi connectivity index (χ4v) is 1.84. The van der Waals surface area contributed by atoms with E-state index < -0.39 is 43.3 Å². The van der Waals surface area contributed by atoms with Crippen molar-refractivity contribution in [2.24, 2.45) is 5.14 Å². The summed E-state index contributed by atoms with van der Waals surface area (Å²) in [5, 5.41) is 15.1. The molecule has 0 radical (unpaired) electrons. The molecule has 9 nitrogen and oxygen atoms in total. The molecule has 19 heavy (non-hydrogen) atoms. The van der Waals surface area contributed by atoms with E-state index in [9.17, 15) is 36.5 Å². The van der Waals surface area contributed by atoms with Crippen LogP contribution in [0, 0.1) is 10.1 Å². The maximum Gasteiger partial charge on any atom is 0.574 e. The number of primary sulfonamides is 1. The van der Waals surface area contributed by atoms with E-state index >= 15 is 0 Å². The molecule has 13 heteroatoms. The molecule has 0 aliphatic rings. The summed E-state index contributed by atoms with van der Waals surface area (Å²) in [6.07, 6.45) is -5.22. The molecule has 1 aromatic heterocycles. The van der Waals surface area contributed by atoms with E-state index in [1.807, 2.05) is 0 Å². The van der Waals surface area contributed by atoms with Gasteiger partial charge in [0.2, 0.25) is 20.8 Å². The zero-order chi connectivity index (χ0) is 15.0. The van der Waals surface area contributed by atoms with Crippen LogP contribution in [0.3, 0.4) is 0 Å². The van der Waals surface area contributed by atoms with Crippen LogP contribution in [0.2, 0.25) is 0 Å². The predicted molar refractivity (Wildman–Crippen MR) is 51.8 cm³/mol. The van der Waals surface area contributed by atoms with Gasteiger partial charge in [-0.15, -0.1) is 13.2 Å². The molecule has 0 unspecified atom stereocenters. The monoisotopic (exact) mass is 303 g/mol. The van der Waals surface area contributed by atoms with Gasteiger partial charge in [0, 0.05) is 0 Å². The van der Waals surface area contributed by atoms with Crippen LogP contribution in [0.15, 0.2) is 15.8 Å². The van der Waals surface area contributed by atoms with Gasteiger partial charge >= 0.3 is 6.36 Å². The van der Waals surface area contributed by atoms with Gasteiger partial charge in [-0.2, -0.15) is 0 Å². The Morgan fingerprint density at radius 3 is 2.32 bits per heavy atom. The van der Waals surface area contributed by atoms with Crippen molar-refractivity contribution < 1.29 is 31.2 Å². The molecule has 0 spiro atoms. The van der Waals surface area contributed by atoms with E-state index in [0.717, 1.165) is 0 Å². The third-order valence-corrected chi connectivity index (χ3v) is 2.61. The molecule has 1 aromatic rings. The first-order chi connectivity index (χ1) is 8.42. The number of alkyl halides is 3. The van der Waals surface area contributed by atoms with Gasteiger partial charge in [0.1, 0.15) is 0 Å². The summed E-state index contributed by atoms with van der Waals surface area (Å²) in [6, 6.07) is 0.0919. The number of nitrogens with two attached hydrogens (primary N) is 1. The standard InChI is InChI=1S/C6H4F3N3O6S/c7-6(8,9)18-3-1-2(12(14)15)4(5(13)11-3)19(10,16)17/h1H,(H,11,13)(H2,10,16,17). The number of hydrogen-bond acceptors (Lipinski definition) is 6. The van der Waals surface area contributed by atoms with E-state index in [1.54, 1.807) is 0 Å². The van der Waals surface area contributed by atoms with Crippen LogP contribution in [0.1, 0.15) is 0 Å². The second-order valence-electron chi connectivity index (χ2n) is 3.03. The average Bonchev–Trinajstić information content (AvgIpc) is 2.10. The predicted octanol–water partition coefficient (Wildman–Crippen LogP) is -0.171. The maximum atomic E-state index is 11.9. The number of rotatable bonds is 3. The summed E-state index contributed by atoms with van der Waals surface area (Å²) in [5.41, 5.74) is -3.12. The second-order valence-corrected chi connectivity index (χ2v) is 4.53. The fourth-order valence-electron chi connectivity index (χ4n) is 1.10. The lowest BCUT2D eigenvalue weighted by Gasteiger charge is -2.08. The Morgan fingerprint density at radius 1 is 1.42 bits per heavy atom. The van der Waals surface area contributed by atoms with Crippen molar-refractivity contribution >= 4 is 15.7 Å². The lowest BCUT2D eigenvalue weighted by molar-refractivity contribution is -0.388. The third-order valence-electron chi connectivity index (χ3n) is 1.65. The van der Waals surface area contributed by atoms with E-state index in [1.165, 1.54) is 4.98 Å². The van der Waals surface area contributed by atoms with Crippen molar-refractivity contribution in [2.45, 2.75) is 11.3 Å². The number of hydrogen-bond donors (Lipinski definition) is 2. The number of nitro groups is 1. The minimum absolute atomic E-state index is 0.0919. The molecule has 0 bridgehead atoms. The molecule has 0 saturated heterocycles. The number of sulfonamides is 1. The number of aromatic nitrogens is 1. The van der Waals surface area contributed by atoms with E-state index in [0.29, 0.717) is 0 Å². The van der Waals surface area contributed by atoms with Crippen LogP contribution in [-0.4, -0.2) is 24.7 Å². The molecule has 106 valence electrons. The number of halogens is 3. The minimum Gasteiger partial charge on any atom is -0.390 e. The third kappa shape index (κ3) is 3.65. The van der Waals surface area contributed by atoms with Crippen LogP contribution < -0.4 is 15.4 Å². The van der Waals surface area contributed by atoms with E-state index in [-0.39, 0.29) is 6.07 Å². The smallest absolute Gasteiger partial charge is 0.390 e. The highest BCUT2D eigenvalue weighted by atomic mass is 32.2. The van der Waals surface area contributed by atoms with Gasteiger partial charge < -0.3 is 4.74 Å². The van der Waals surface area contributed by atoms with Crippen LogP contribution in [0.5, 0.6) is 5.88 Å². The second kappa shape index (κ2) is 4.51. The summed E-state index contributed by atoms with van der Waals surface area (Å²) in [6.45, 7) is 0. The zero-order valence-electron chi connectivity index (χ0n) is 8.59. The first kappa shape index (κ1) is 14.9. The minimum atomic E-state index is -5.22. The molecular formula is C6H4F3N3O6S. The van der Waals surface area contributed by atoms with Gasteiger partial charge in [0.25, 0.3) is 11.2 Å². The quantitative estimate of drug-likeness (QED) is 0.585. The average molecular weight is 303 g/mol. The largest absolute Gasteiger partial charge is 0.574 e. The lowest BCUT2D eigenvalue weighted by Crippen LogP contribution is -2.27. The summed E-state index contributed by atoms with van der Waals surface area (Å²) < 4.78 is 60.8. The highest BCUT2D eigenvalue weighted by molar-refractivity contribution is 7.89. The molecule has 0 fully saturated rings. The Morgan fingerprint density at radius 2 is 1.95 bits per heavy atom. The molecular weight excluding hydrogens is 299 g/mol. The topological polar surface area (TPSA) is 145 Å². The number of H-pyrrole nitrogens is 1. The number of nitrogens with one attached hydrogen (secondary N) is 1. The first-order valence-electron chi connectivity index (χ1n) is 4.12. The molecule has 0 amide bonds. The van der Waals surface area contributed by atoms with Crippen molar-refractivity contribution in [2.75, 3.05) is 0 Å². The first-order valence-corrected chi connectivity index (χ1v) is 5.66. The molecule has 1 rings (SSSR count). The normalized spacial score (nSPS) is 12.2.